The minimum Gasteiger partial charge on any atom is -0.356 e. The molecule has 98 valence electrons. The van der Waals surface area contributed by atoms with Crippen LogP contribution in [0.15, 0.2) is 0 Å². The third-order valence-electron chi connectivity index (χ3n) is 0. The molecule has 0 heterocycles. The molecule has 0 spiro atoms. The monoisotopic (exact) mass is 496 g/mol. The Bertz CT molecular complexity index is 164. The summed E-state index contributed by atoms with van der Waals surface area (Å²) in [5.74, 6) is 0. The molecule has 0 amide bonds. The van der Waals surface area contributed by atoms with Crippen molar-refractivity contribution in [1.29, 1.82) is 0 Å². The third kappa shape index (κ3) is 6780. The summed E-state index contributed by atoms with van der Waals surface area (Å²) in [7, 11) is 0. The molecule has 0 N–H and O–H groups in total. The summed E-state index contributed by atoms with van der Waals surface area (Å²) in [6, 6.07) is 0. The van der Waals surface area contributed by atoms with Gasteiger partial charge in [-0.1, -0.05) is 0 Å². The average molecular weight is 496 g/mol. The summed E-state index contributed by atoms with van der Waals surface area (Å²) in [5.41, 5.74) is 0. The van der Waals surface area contributed by atoms with Gasteiger partial charge in [-0.15, -0.1) is 0 Å². The maximum absolute atomic E-state index is 8.25. The summed E-state index contributed by atoms with van der Waals surface area (Å²) < 4.78 is 0. The van der Waals surface area contributed by atoms with Gasteiger partial charge in [0.15, 0.2) is 0 Å². The first-order chi connectivity index (χ1) is 6.93. The predicted octanol–water partition coefficient (Wildman–Crippen LogP) is -4.33. The van der Waals surface area contributed by atoms with Crippen molar-refractivity contribution < 1.29 is 71.7 Å². The Kier molecular flexibility index (Phi) is 59.8. The molecule has 0 aliphatic heterocycles. The molecule has 0 fully saturated rings. The van der Waals surface area contributed by atoms with Crippen molar-refractivity contribution in [1.82, 2.24) is 0 Å². The zero-order valence-electron chi connectivity index (χ0n) is 8.14. The van der Waals surface area contributed by atoms with E-state index in [4.69, 9.17) is 61.3 Å². The van der Waals surface area contributed by atoms with E-state index in [1.165, 1.54) is 0 Å². The molecule has 0 aromatic carbocycles. The van der Waals surface area contributed by atoms with E-state index in [0.717, 1.165) is 0 Å². The second-order valence-corrected chi connectivity index (χ2v) is 0.894. The van der Waals surface area contributed by atoms with Crippen molar-refractivity contribution in [2.24, 2.45) is 0 Å². The molecule has 0 saturated carbocycles. The molecular weight excluding hydrogens is 496 g/mol. The second-order valence-electron chi connectivity index (χ2n) is 0.894. The Labute approximate surface area is 157 Å². The number of nitrogens with zero attached hydrogens (tertiary/aromatic N) is 4. The normalized spacial score (nSPS) is 5.33. The molecule has 0 unspecified atom stereocenters. The van der Waals surface area contributed by atoms with Crippen molar-refractivity contribution in [3.05, 3.63) is 61.3 Å². The van der Waals surface area contributed by atoms with E-state index in [9.17, 15) is 0 Å². The largest absolute Gasteiger partial charge is 3.00 e. The average Bonchev–Trinajstić information content (AvgIpc) is 1.76. The van der Waals surface area contributed by atoms with Gasteiger partial charge in [0.05, 0.1) is 20.3 Å². The van der Waals surface area contributed by atoms with E-state index < -0.39 is 20.3 Å². The van der Waals surface area contributed by atoms with E-state index in [2.05, 4.69) is 0 Å². The molecule has 18 heavy (non-hydrogen) atoms. The first kappa shape index (κ1) is 36.0. The Balaban J connectivity index is -0.0000000257. The molecular formula is BiKN4O12. The number of rotatable bonds is 0. The molecule has 0 aromatic heterocycles. The third-order valence-corrected chi connectivity index (χ3v) is 0. The summed E-state index contributed by atoms with van der Waals surface area (Å²) in [6.45, 7) is 0. The Morgan fingerprint density at radius 2 is 0.444 bits per heavy atom. The molecule has 0 aromatic rings. The van der Waals surface area contributed by atoms with Gasteiger partial charge in [-0.2, -0.15) is 0 Å². The van der Waals surface area contributed by atoms with Crippen LogP contribution in [0.3, 0.4) is 0 Å². The molecule has 0 aliphatic carbocycles. The van der Waals surface area contributed by atoms with Crippen molar-refractivity contribution in [3.63, 3.8) is 0 Å². The fourth-order valence-electron chi connectivity index (χ4n) is 0. The van der Waals surface area contributed by atoms with Gasteiger partial charge in [0.2, 0.25) is 0 Å². The van der Waals surface area contributed by atoms with E-state index in [1.807, 2.05) is 0 Å². The number of hydrogen-bond acceptors (Lipinski definition) is 12. The zero-order chi connectivity index (χ0) is 14.3. The maximum atomic E-state index is 8.25. The topological polar surface area (TPSA) is 265 Å². The summed E-state index contributed by atoms with van der Waals surface area (Å²) in [5, 5.41) is 59.0. The van der Waals surface area contributed by atoms with Crippen molar-refractivity contribution >= 4 is 26.2 Å². The van der Waals surface area contributed by atoms with Gasteiger partial charge in [0.25, 0.3) is 0 Å². The van der Waals surface area contributed by atoms with Gasteiger partial charge in [-0.05, 0) is 0 Å². The van der Waals surface area contributed by atoms with Crippen LogP contribution in [-0.4, -0.2) is 46.5 Å². The first-order valence-corrected chi connectivity index (χ1v) is 2.19. The molecule has 0 bridgehead atoms. The van der Waals surface area contributed by atoms with Crippen LogP contribution in [0.5, 0.6) is 0 Å². The SMILES string of the molecule is O=[N+]([O-])[O-].O=[N+]([O-])[O-].O=[N+]([O-])[O-].O=[N+]([O-])[O-].[Bi+3].[K+]. The van der Waals surface area contributed by atoms with Crippen LogP contribution in [0.2, 0.25) is 0 Å². The van der Waals surface area contributed by atoms with E-state index >= 15 is 0 Å². The molecule has 2 radical (unpaired) electrons. The van der Waals surface area contributed by atoms with Gasteiger partial charge in [0, 0.05) is 0 Å². The van der Waals surface area contributed by atoms with Crippen LogP contribution < -0.4 is 51.4 Å². The molecule has 0 rings (SSSR count). The van der Waals surface area contributed by atoms with E-state index in [0.29, 0.717) is 0 Å². The molecule has 0 saturated heterocycles. The van der Waals surface area contributed by atoms with Crippen molar-refractivity contribution in [2.45, 2.75) is 0 Å². The van der Waals surface area contributed by atoms with Gasteiger partial charge >= 0.3 is 77.6 Å². The van der Waals surface area contributed by atoms with E-state index in [1.54, 1.807) is 0 Å². The Morgan fingerprint density at radius 3 is 0.444 bits per heavy atom. The van der Waals surface area contributed by atoms with Crippen LogP contribution in [0.4, 0.5) is 0 Å². The van der Waals surface area contributed by atoms with Gasteiger partial charge in [-0.3, -0.25) is 0 Å². The van der Waals surface area contributed by atoms with Crippen LogP contribution in [0.25, 0.3) is 0 Å². The molecule has 0 aliphatic rings. The molecule has 16 nitrogen and oxygen atoms in total. The summed E-state index contributed by atoms with van der Waals surface area (Å²) in [4.78, 5) is 33.0. The first-order valence-electron chi connectivity index (χ1n) is 2.19. The standard InChI is InChI=1S/Bi.K.4NO3/c;;4*2-1(3)4/q+3;+1;4*-1. The fraction of sp³-hybridized carbons (Fsp3) is 0. The van der Waals surface area contributed by atoms with Crippen LogP contribution in [-0.2, 0) is 0 Å². The Hall–Kier alpha value is -0.681. The maximum Gasteiger partial charge on any atom is 3.00 e. The summed E-state index contributed by atoms with van der Waals surface area (Å²) in [6.07, 6.45) is 0. The minimum atomic E-state index is -1.75. The summed E-state index contributed by atoms with van der Waals surface area (Å²) >= 11 is 0. The second kappa shape index (κ2) is 29.9. The van der Waals surface area contributed by atoms with Gasteiger partial charge in [0.1, 0.15) is 0 Å². The Morgan fingerprint density at radius 1 is 0.444 bits per heavy atom. The van der Waals surface area contributed by atoms with Gasteiger partial charge < -0.3 is 61.3 Å². The quantitative estimate of drug-likeness (QED) is 0.175. The molecule has 0 atom stereocenters. The van der Waals surface area contributed by atoms with Crippen molar-refractivity contribution in [3.8, 4) is 0 Å². The fourth-order valence-corrected chi connectivity index (χ4v) is 0. The van der Waals surface area contributed by atoms with Crippen LogP contribution in [0.1, 0.15) is 0 Å². The van der Waals surface area contributed by atoms with Crippen LogP contribution in [0, 0.1) is 61.3 Å². The zero-order valence-corrected chi connectivity index (χ0v) is 14.7. The predicted molar refractivity (Wildman–Crippen MR) is 47.2 cm³/mol. The van der Waals surface area contributed by atoms with Crippen LogP contribution >= 0.6 is 0 Å². The number of hydrogen-bond donors (Lipinski definition) is 0. The molecule has 18 heteroatoms. The smallest absolute Gasteiger partial charge is 0.356 e. The van der Waals surface area contributed by atoms with Gasteiger partial charge in [-0.25, -0.2) is 0 Å². The van der Waals surface area contributed by atoms with E-state index in [-0.39, 0.29) is 77.6 Å². The minimum absolute atomic E-state index is 0. The van der Waals surface area contributed by atoms with Crippen molar-refractivity contribution in [2.75, 3.05) is 0 Å².